The highest BCUT2D eigenvalue weighted by Gasteiger charge is 2.15. The van der Waals surface area contributed by atoms with Crippen molar-refractivity contribution in [3.05, 3.63) is 71.8 Å². The number of esters is 1. The van der Waals surface area contributed by atoms with Crippen LogP contribution in [0.25, 0.3) is 10.8 Å². The van der Waals surface area contributed by atoms with E-state index in [0.29, 0.717) is 49.6 Å². The van der Waals surface area contributed by atoms with E-state index in [4.69, 9.17) is 9.47 Å². The number of carbonyl (C=O) groups is 2. The lowest BCUT2D eigenvalue weighted by molar-refractivity contribution is -0.116. The van der Waals surface area contributed by atoms with E-state index in [9.17, 15) is 9.59 Å². The van der Waals surface area contributed by atoms with Crippen LogP contribution in [0.2, 0.25) is 0 Å². The van der Waals surface area contributed by atoms with Gasteiger partial charge in [-0.25, -0.2) is 4.79 Å². The van der Waals surface area contributed by atoms with Crippen molar-refractivity contribution in [1.29, 1.82) is 0 Å². The van der Waals surface area contributed by atoms with Gasteiger partial charge in [0.25, 0.3) is 0 Å². The minimum Gasteiger partial charge on any atom is -0.491 e. The molecule has 0 atom stereocenters. The van der Waals surface area contributed by atoms with E-state index in [0.717, 1.165) is 31.5 Å². The molecule has 0 aliphatic rings. The summed E-state index contributed by atoms with van der Waals surface area (Å²) >= 11 is 0. The molecule has 36 heavy (non-hydrogen) atoms. The molecular weight excluding hydrogens is 452 g/mol. The Morgan fingerprint density at radius 1 is 0.889 bits per heavy atom. The van der Waals surface area contributed by atoms with E-state index in [-0.39, 0.29) is 5.91 Å². The smallest absolute Gasteiger partial charge is 0.338 e. The fourth-order valence-corrected chi connectivity index (χ4v) is 3.95. The van der Waals surface area contributed by atoms with Crippen LogP contribution in [-0.2, 0) is 16.0 Å². The molecule has 0 saturated heterocycles. The molecule has 0 heterocycles. The largest absolute Gasteiger partial charge is 0.491 e. The first-order valence-electron chi connectivity index (χ1n) is 13.0. The molecule has 0 spiro atoms. The summed E-state index contributed by atoms with van der Waals surface area (Å²) < 4.78 is 11.4. The zero-order chi connectivity index (χ0) is 25.8. The highest BCUT2D eigenvalue weighted by atomic mass is 16.5. The predicted molar refractivity (Wildman–Crippen MR) is 146 cm³/mol. The summed E-state index contributed by atoms with van der Waals surface area (Å²) in [6.07, 6.45) is 2.86. The van der Waals surface area contributed by atoms with Gasteiger partial charge in [0.05, 0.1) is 17.9 Å². The molecule has 0 bridgehead atoms. The summed E-state index contributed by atoms with van der Waals surface area (Å²) in [6.45, 7) is 9.63. The molecular formula is C30H38N2O4. The number of rotatable bonds is 14. The number of ether oxygens (including phenoxy) is 2. The molecule has 192 valence electrons. The summed E-state index contributed by atoms with van der Waals surface area (Å²) in [6, 6.07) is 19.5. The SMILES string of the molecule is CCCCOc1cc(C(=O)OCCN(CC)CC)ccc1NC(=O)CCc1ccc2ccccc2c1. The van der Waals surface area contributed by atoms with Gasteiger partial charge in [-0.3, -0.25) is 4.79 Å². The minimum absolute atomic E-state index is 0.0990. The van der Waals surface area contributed by atoms with Crippen LogP contribution in [0, 0.1) is 0 Å². The van der Waals surface area contributed by atoms with Gasteiger partial charge in [-0.05, 0) is 60.5 Å². The first-order valence-corrected chi connectivity index (χ1v) is 13.0. The van der Waals surface area contributed by atoms with E-state index in [2.05, 4.69) is 61.3 Å². The number of anilines is 1. The maximum absolute atomic E-state index is 12.7. The van der Waals surface area contributed by atoms with Crippen LogP contribution in [0.15, 0.2) is 60.7 Å². The van der Waals surface area contributed by atoms with Crippen LogP contribution >= 0.6 is 0 Å². The van der Waals surface area contributed by atoms with Gasteiger partial charge in [0.1, 0.15) is 12.4 Å². The molecule has 3 rings (SSSR count). The van der Waals surface area contributed by atoms with Gasteiger partial charge in [-0.2, -0.15) is 0 Å². The summed E-state index contributed by atoms with van der Waals surface area (Å²) in [5.41, 5.74) is 2.09. The number of unbranched alkanes of at least 4 members (excludes halogenated alkanes) is 1. The lowest BCUT2D eigenvalue weighted by atomic mass is 10.0. The number of nitrogens with one attached hydrogen (secondary N) is 1. The number of hydrogen-bond donors (Lipinski definition) is 1. The maximum Gasteiger partial charge on any atom is 0.338 e. The maximum atomic E-state index is 12.7. The van der Waals surface area contributed by atoms with Crippen molar-refractivity contribution in [3.8, 4) is 5.75 Å². The quantitative estimate of drug-likeness (QED) is 0.219. The van der Waals surface area contributed by atoms with Crippen LogP contribution in [-0.4, -0.2) is 49.6 Å². The molecule has 6 heteroatoms. The molecule has 0 saturated carbocycles. The third kappa shape index (κ3) is 8.09. The zero-order valence-electron chi connectivity index (χ0n) is 21.7. The normalized spacial score (nSPS) is 11.0. The number of likely N-dealkylation sites (N-methyl/N-ethyl adjacent to an activating group) is 1. The molecule has 0 aromatic heterocycles. The Balaban J connectivity index is 1.62. The molecule has 6 nitrogen and oxygen atoms in total. The average Bonchev–Trinajstić information content (AvgIpc) is 2.90. The van der Waals surface area contributed by atoms with Crippen molar-refractivity contribution >= 4 is 28.3 Å². The van der Waals surface area contributed by atoms with Crippen molar-refractivity contribution in [1.82, 2.24) is 4.90 Å². The number of nitrogens with zero attached hydrogens (tertiary/aromatic N) is 1. The van der Waals surface area contributed by atoms with Crippen molar-refractivity contribution < 1.29 is 19.1 Å². The first kappa shape index (κ1) is 27.2. The van der Waals surface area contributed by atoms with Gasteiger partial charge >= 0.3 is 5.97 Å². The standard InChI is InChI=1S/C30H38N2O4/c1-4-7-19-35-28-22-26(30(34)36-20-18-32(5-2)6-3)15-16-27(28)31-29(33)17-13-23-12-14-24-10-8-9-11-25(24)21-23/h8-12,14-16,21-22H,4-7,13,17-20H2,1-3H3,(H,31,33). The Kier molecular flexibility index (Phi) is 10.8. The van der Waals surface area contributed by atoms with Crippen LogP contribution < -0.4 is 10.1 Å². The number of fused-ring (bicyclic) bond motifs is 1. The second kappa shape index (κ2) is 14.2. The van der Waals surface area contributed by atoms with E-state index >= 15 is 0 Å². The van der Waals surface area contributed by atoms with E-state index < -0.39 is 5.97 Å². The molecule has 0 aliphatic heterocycles. The fourth-order valence-electron chi connectivity index (χ4n) is 3.95. The second-order valence-corrected chi connectivity index (χ2v) is 8.81. The summed E-state index contributed by atoms with van der Waals surface area (Å²) in [7, 11) is 0. The summed E-state index contributed by atoms with van der Waals surface area (Å²) in [4.78, 5) is 27.5. The number of aryl methyl sites for hydroxylation is 1. The fraction of sp³-hybridized carbons (Fsp3) is 0.400. The number of hydrogen-bond acceptors (Lipinski definition) is 5. The average molecular weight is 491 g/mol. The highest BCUT2D eigenvalue weighted by molar-refractivity contribution is 5.95. The van der Waals surface area contributed by atoms with Gasteiger partial charge in [0.15, 0.2) is 0 Å². The van der Waals surface area contributed by atoms with Gasteiger partial charge in [0, 0.05) is 13.0 Å². The molecule has 1 N–H and O–H groups in total. The molecule has 1 amide bonds. The Labute approximate surface area is 214 Å². The van der Waals surface area contributed by atoms with Crippen LogP contribution in [0.5, 0.6) is 5.75 Å². The van der Waals surface area contributed by atoms with E-state index in [1.54, 1.807) is 18.2 Å². The van der Waals surface area contributed by atoms with Crippen molar-refractivity contribution in [2.75, 3.05) is 38.2 Å². The van der Waals surface area contributed by atoms with Gasteiger partial charge in [-0.1, -0.05) is 69.7 Å². The van der Waals surface area contributed by atoms with Gasteiger partial charge < -0.3 is 19.7 Å². The Morgan fingerprint density at radius 2 is 1.67 bits per heavy atom. The number of benzene rings is 3. The Hall–Kier alpha value is -3.38. The van der Waals surface area contributed by atoms with Gasteiger partial charge in [0.2, 0.25) is 5.91 Å². The molecule has 0 unspecified atom stereocenters. The monoisotopic (exact) mass is 490 g/mol. The number of amides is 1. The third-order valence-electron chi connectivity index (χ3n) is 6.24. The van der Waals surface area contributed by atoms with Crippen LogP contribution in [0.4, 0.5) is 5.69 Å². The molecule has 0 radical (unpaired) electrons. The lowest BCUT2D eigenvalue weighted by Gasteiger charge is -2.18. The van der Waals surface area contributed by atoms with Crippen LogP contribution in [0.1, 0.15) is 56.0 Å². The Morgan fingerprint density at radius 3 is 2.42 bits per heavy atom. The first-order chi connectivity index (χ1) is 17.5. The highest BCUT2D eigenvalue weighted by Crippen LogP contribution is 2.27. The Bertz CT molecular complexity index is 1140. The van der Waals surface area contributed by atoms with Crippen LogP contribution in [0.3, 0.4) is 0 Å². The van der Waals surface area contributed by atoms with Crippen molar-refractivity contribution in [2.45, 2.75) is 46.5 Å². The molecule has 0 fully saturated rings. The zero-order valence-corrected chi connectivity index (χ0v) is 21.7. The van der Waals surface area contributed by atoms with Crippen molar-refractivity contribution in [3.63, 3.8) is 0 Å². The summed E-state index contributed by atoms with van der Waals surface area (Å²) in [5, 5.41) is 5.32. The lowest BCUT2D eigenvalue weighted by Crippen LogP contribution is -2.27. The third-order valence-corrected chi connectivity index (χ3v) is 6.24. The number of carbonyl (C=O) groups excluding carboxylic acids is 2. The minimum atomic E-state index is -0.392. The molecule has 0 aliphatic carbocycles. The van der Waals surface area contributed by atoms with E-state index in [1.807, 2.05) is 12.1 Å². The van der Waals surface area contributed by atoms with Crippen molar-refractivity contribution in [2.24, 2.45) is 0 Å². The second-order valence-electron chi connectivity index (χ2n) is 8.81. The van der Waals surface area contributed by atoms with Gasteiger partial charge in [-0.15, -0.1) is 0 Å². The molecule has 3 aromatic rings. The molecule has 3 aromatic carbocycles. The summed E-state index contributed by atoms with van der Waals surface area (Å²) in [5.74, 6) is -0.00424. The predicted octanol–water partition coefficient (Wildman–Crippen LogP) is 6.09. The van der Waals surface area contributed by atoms with E-state index in [1.165, 1.54) is 10.8 Å². The topological polar surface area (TPSA) is 67.9 Å².